The van der Waals surface area contributed by atoms with E-state index in [0.717, 1.165) is 6.07 Å². The molecule has 0 saturated heterocycles. The van der Waals surface area contributed by atoms with Crippen LogP contribution in [0.25, 0.3) is 16.4 Å². The lowest BCUT2D eigenvalue weighted by Crippen LogP contribution is -1.93. The van der Waals surface area contributed by atoms with Gasteiger partial charge in [-0.2, -0.15) is 9.38 Å². The van der Waals surface area contributed by atoms with Crippen LogP contribution in [0.3, 0.4) is 0 Å². The molecule has 10 heteroatoms. The van der Waals surface area contributed by atoms with Crippen LogP contribution in [-0.2, 0) is 0 Å². The lowest BCUT2D eigenvalue weighted by atomic mass is 10.3. The zero-order valence-electron chi connectivity index (χ0n) is 9.05. The number of hydrogen-bond donors (Lipinski definition) is 0. The molecule has 9 nitrogen and oxygen atoms in total. The number of fused-ring (bicyclic) bond motifs is 1. The average Bonchev–Trinajstić information content (AvgIpc) is 3.02. The van der Waals surface area contributed by atoms with Crippen LogP contribution in [0.4, 0.5) is 11.7 Å². The SMILES string of the molecule is O=[N+]([O-])c1ccc(-c2nc3sccn3c2[N+](=O)[O-])o1. The Morgan fingerprint density at radius 3 is 2.68 bits per heavy atom. The fraction of sp³-hybridized carbons (Fsp3) is 0. The highest BCUT2D eigenvalue weighted by Gasteiger charge is 2.28. The third-order valence-corrected chi connectivity index (χ3v) is 3.17. The summed E-state index contributed by atoms with van der Waals surface area (Å²) in [5.74, 6) is -0.768. The van der Waals surface area contributed by atoms with E-state index >= 15 is 0 Å². The van der Waals surface area contributed by atoms with Crippen LogP contribution in [-0.4, -0.2) is 19.2 Å². The highest BCUT2D eigenvalue weighted by atomic mass is 32.1. The van der Waals surface area contributed by atoms with Crippen LogP contribution in [0.1, 0.15) is 0 Å². The summed E-state index contributed by atoms with van der Waals surface area (Å²) in [6, 6.07) is 2.42. The number of aromatic nitrogens is 2. The fourth-order valence-corrected chi connectivity index (χ4v) is 2.38. The van der Waals surface area contributed by atoms with Crippen molar-refractivity contribution in [1.29, 1.82) is 0 Å². The third-order valence-electron chi connectivity index (χ3n) is 2.41. The Labute approximate surface area is 108 Å². The first-order valence-electron chi connectivity index (χ1n) is 4.92. The smallest absolute Gasteiger partial charge is 0.399 e. The molecule has 0 aliphatic carbocycles. The van der Waals surface area contributed by atoms with E-state index in [1.807, 2.05) is 0 Å². The van der Waals surface area contributed by atoms with Gasteiger partial charge in [-0.15, -0.1) is 0 Å². The first-order chi connectivity index (χ1) is 9.08. The minimum absolute atomic E-state index is 0.00528. The molecule has 0 saturated carbocycles. The molecule has 3 aromatic heterocycles. The van der Waals surface area contributed by atoms with Crippen LogP contribution in [0.15, 0.2) is 28.1 Å². The first kappa shape index (κ1) is 11.3. The highest BCUT2D eigenvalue weighted by molar-refractivity contribution is 7.15. The monoisotopic (exact) mass is 280 g/mol. The summed E-state index contributed by atoms with van der Waals surface area (Å²) in [4.78, 5) is 24.8. The Bertz CT molecular complexity index is 801. The minimum Gasteiger partial charge on any atom is -0.399 e. The summed E-state index contributed by atoms with van der Waals surface area (Å²) < 4.78 is 6.25. The van der Waals surface area contributed by atoms with Crippen molar-refractivity contribution in [2.45, 2.75) is 0 Å². The molecule has 0 spiro atoms. The van der Waals surface area contributed by atoms with E-state index in [-0.39, 0.29) is 17.3 Å². The van der Waals surface area contributed by atoms with Crippen molar-refractivity contribution in [2.24, 2.45) is 0 Å². The molecule has 3 rings (SSSR count). The number of rotatable bonds is 3. The number of hydrogen-bond acceptors (Lipinski definition) is 7. The lowest BCUT2D eigenvalue weighted by molar-refractivity contribution is -0.402. The molecule has 0 aliphatic heterocycles. The number of imidazole rings is 1. The summed E-state index contributed by atoms with van der Waals surface area (Å²) in [5, 5.41) is 23.3. The molecular weight excluding hydrogens is 276 g/mol. The topological polar surface area (TPSA) is 117 Å². The first-order valence-corrected chi connectivity index (χ1v) is 5.80. The number of nitrogens with zero attached hydrogens (tertiary/aromatic N) is 4. The van der Waals surface area contributed by atoms with E-state index in [1.165, 1.54) is 28.0 Å². The van der Waals surface area contributed by atoms with E-state index in [0.29, 0.717) is 4.96 Å². The van der Waals surface area contributed by atoms with Crippen LogP contribution < -0.4 is 0 Å². The predicted octanol–water partition coefficient (Wildman–Crippen LogP) is 2.47. The molecule has 3 aromatic rings. The largest absolute Gasteiger partial charge is 0.433 e. The van der Waals surface area contributed by atoms with Gasteiger partial charge in [-0.05, 0) is 11.0 Å². The van der Waals surface area contributed by atoms with Crippen molar-refractivity contribution < 1.29 is 14.3 Å². The normalized spacial score (nSPS) is 10.9. The van der Waals surface area contributed by atoms with Crippen molar-refractivity contribution in [3.63, 3.8) is 0 Å². The van der Waals surface area contributed by atoms with Gasteiger partial charge >= 0.3 is 11.7 Å². The summed E-state index contributed by atoms with van der Waals surface area (Å²) in [6.45, 7) is 0. The van der Waals surface area contributed by atoms with Gasteiger partial charge in [-0.3, -0.25) is 10.1 Å². The minimum atomic E-state index is -0.715. The average molecular weight is 280 g/mol. The summed E-state index contributed by atoms with van der Waals surface area (Å²) in [7, 11) is 0. The van der Waals surface area contributed by atoms with Gasteiger partial charge in [0, 0.05) is 5.38 Å². The molecule has 96 valence electrons. The Morgan fingerprint density at radius 1 is 1.26 bits per heavy atom. The molecule has 0 unspecified atom stereocenters. The van der Waals surface area contributed by atoms with Crippen molar-refractivity contribution in [3.05, 3.63) is 43.9 Å². The van der Waals surface area contributed by atoms with E-state index in [9.17, 15) is 20.2 Å². The molecule has 0 bridgehead atoms. The van der Waals surface area contributed by atoms with Gasteiger partial charge in [-0.25, -0.2) is 0 Å². The van der Waals surface area contributed by atoms with Gasteiger partial charge < -0.3 is 14.5 Å². The maximum atomic E-state index is 11.1. The van der Waals surface area contributed by atoms with E-state index < -0.39 is 15.7 Å². The summed E-state index contributed by atoms with van der Waals surface area (Å²) in [5.41, 5.74) is -0.0232. The van der Waals surface area contributed by atoms with E-state index in [2.05, 4.69) is 4.98 Å². The van der Waals surface area contributed by atoms with Gasteiger partial charge in [0.2, 0.25) is 5.69 Å². The second-order valence-corrected chi connectivity index (χ2v) is 4.36. The van der Waals surface area contributed by atoms with Gasteiger partial charge in [0.05, 0.1) is 6.07 Å². The zero-order chi connectivity index (χ0) is 13.6. The molecule has 0 aliphatic rings. The van der Waals surface area contributed by atoms with Crippen LogP contribution >= 0.6 is 11.3 Å². The van der Waals surface area contributed by atoms with Crippen molar-refractivity contribution >= 4 is 28.0 Å². The molecule has 3 heterocycles. The lowest BCUT2D eigenvalue weighted by Gasteiger charge is -1.93. The van der Waals surface area contributed by atoms with E-state index in [1.54, 1.807) is 5.38 Å². The summed E-state index contributed by atoms with van der Waals surface area (Å²) in [6.07, 6.45) is 1.51. The molecule has 0 N–H and O–H groups in total. The Morgan fingerprint density at radius 2 is 2.05 bits per heavy atom. The van der Waals surface area contributed by atoms with Crippen LogP contribution in [0, 0.1) is 20.2 Å². The second kappa shape index (κ2) is 3.88. The van der Waals surface area contributed by atoms with E-state index in [4.69, 9.17) is 4.42 Å². The van der Waals surface area contributed by atoms with Crippen LogP contribution in [0.2, 0.25) is 0 Å². The Balaban J connectivity index is 2.23. The van der Waals surface area contributed by atoms with Gasteiger partial charge in [0.25, 0.3) is 4.96 Å². The van der Waals surface area contributed by atoms with Crippen molar-refractivity contribution in [1.82, 2.24) is 9.38 Å². The van der Waals surface area contributed by atoms with Gasteiger partial charge in [0.1, 0.15) is 11.1 Å². The quantitative estimate of drug-likeness (QED) is 0.537. The van der Waals surface area contributed by atoms with Gasteiger partial charge in [-0.1, -0.05) is 11.3 Å². The molecule has 19 heavy (non-hydrogen) atoms. The molecule has 0 fully saturated rings. The summed E-state index contributed by atoms with van der Waals surface area (Å²) >= 11 is 1.22. The molecule has 0 radical (unpaired) electrons. The number of thiazole rings is 1. The fourth-order valence-electron chi connectivity index (χ4n) is 1.67. The second-order valence-electron chi connectivity index (χ2n) is 3.49. The van der Waals surface area contributed by atoms with Crippen LogP contribution in [0.5, 0.6) is 0 Å². The molecule has 0 aromatic carbocycles. The molecule has 0 amide bonds. The zero-order valence-corrected chi connectivity index (χ0v) is 9.86. The molecule has 0 atom stereocenters. The maximum Gasteiger partial charge on any atom is 0.433 e. The Kier molecular flexibility index (Phi) is 2.32. The van der Waals surface area contributed by atoms with Gasteiger partial charge in [0.15, 0.2) is 5.76 Å². The predicted molar refractivity (Wildman–Crippen MR) is 64.1 cm³/mol. The highest BCUT2D eigenvalue weighted by Crippen LogP contribution is 2.34. The molecular formula is C9H4N4O5S. The van der Waals surface area contributed by atoms with Crippen molar-refractivity contribution in [2.75, 3.05) is 0 Å². The standard InChI is InChI=1S/C9H4N4O5S/c14-12(15)6-2-1-5(18-6)7-8(13(16)17)11-3-4-19-9(11)10-7/h1-4H. The third kappa shape index (κ3) is 1.65. The Hall–Kier alpha value is -2.75. The number of furan rings is 1. The maximum absolute atomic E-state index is 11.1. The van der Waals surface area contributed by atoms with Crippen molar-refractivity contribution in [3.8, 4) is 11.5 Å². The number of nitro groups is 2.